The van der Waals surface area contributed by atoms with Crippen molar-refractivity contribution < 1.29 is 9.90 Å². The van der Waals surface area contributed by atoms with Crippen molar-refractivity contribution in [3.63, 3.8) is 0 Å². The van der Waals surface area contributed by atoms with Crippen molar-refractivity contribution in [3.8, 4) is 5.75 Å². The molecular formula is C18H21N3O2. The van der Waals surface area contributed by atoms with Crippen molar-refractivity contribution in [1.82, 2.24) is 0 Å². The number of benzene rings is 2. The summed E-state index contributed by atoms with van der Waals surface area (Å²) < 4.78 is 0. The van der Waals surface area contributed by atoms with Gasteiger partial charge in [0.25, 0.3) is 0 Å². The highest BCUT2D eigenvalue weighted by molar-refractivity contribution is 6.00. The van der Waals surface area contributed by atoms with Crippen LogP contribution in [-0.4, -0.2) is 24.2 Å². The summed E-state index contributed by atoms with van der Waals surface area (Å²) in [6.45, 7) is 3.98. The van der Waals surface area contributed by atoms with Gasteiger partial charge in [0.05, 0.1) is 0 Å². The fourth-order valence-electron chi connectivity index (χ4n) is 2.83. The molecule has 0 aliphatic carbocycles. The summed E-state index contributed by atoms with van der Waals surface area (Å²) in [5.74, 6) is 0.187. The smallest absolute Gasteiger partial charge is 0.323 e. The lowest BCUT2D eigenvalue weighted by molar-refractivity contribution is 0.262. The number of aryl methyl sites for hydroxylation is 1. The molecule has 0 spiro atoms. The molecule has 2 aromatic carbocycles. The van der Waals surface area contributed by atoms with Gasteiger partial charge < -0.3 is 20.6 Å². The maximum atomic E-state index is 12.2. The third-order valence-electron chi connectivity index (χ3n) is 4.03. The third kappa shape index (κ3) is 3.74. The Hall–Kier alpha value is -2.69. The summed E-state index contributed by atoms with van der Waals surface area (Å²) in [4.78, 5) is 14.5. The zero-order chi connectivity index (χ0) is 16.2. The Morgan fingerprint density at radius 1 is 1.09 bits per heavy atom. The average Bonchev–Trinajstić information content (AvgIpc) is 3.05. The van der Waals surface area contributed by atoms with Gasteiger partial charge >= 0.3 is 6.03 Å². The van der Waals surface area contributed by atoms with Crippen molar-refractivity contribution in [3.05, 3.63) is 48.0 Å². The van der Waals surface area contributed by atoms with Gasteiger partial charge in [0.15, 0.2) is 0 Å². The molecule has 0 radical (unpaired) electrons. The van der Waals surface area contributed by atoms with Gasteiger partial charge in [-0.15, -0.1) is 0 Å². The molecular weight excluding hydrogens is 290 g/mol. The van der Waals surface area contributed by atoms with E-state index >= 15 is 0 Å². The van der Waals surface area contributed by atoms with Crippen LogP contribution in [0.15, 0.2) is 42.5 Å². The van der Waals surface area contributed by atoms with E-state index < -0.39 is 0 Å². The number of hydrogen-bond donors (Lipinski definition) is 3. The maximum Gasteiger partial charge on any atom is 0.323 e. The van der Waals surface area contributed by atoms with Gasteiger partial charge in [0.2, 0.25) is 0 Å². The molecule has 5 nitrogen and oxygen atoms in total. The van der Waals surface area contributed by atoms with E-state index in [1.165, 1.54) is 12.8 Å². The van der Waals surface area contributed by atoms with Crippen LogP contribution in [0.2, 0.25) is 0 Å². The van der Waals surface area contributed by atoms with E-state index in [0.717, 1.165) is 30.0 Å². The number of nitrogens with zero attached hydrogens (tertiary/aromatic N) is 1. The molecule has 0 aromatic heterocycles. The molecule has 2 aromatic rings. The quantitative estimate of drug-likeness (QED) is 0.752. The van der Waals surface area contributed by atoms with Crippen molar-refractivity contribution in [2.75, 3.05) is 28.6 Å². The zero-order valence-electron chi connectivity index (χ0n) is 13.2. The van der Waals surface area contributed by atoms with Crippen LogP contribution in [0.4, 0.5) is 21.9 Å². The van der Waals surface area contributed by atoms with Crippen LogP contribution in [0.25, 0.3) is 0 Å². The SMILES string of the molecule is Cc1cc(O)ccc1NC(=O)Nc1cccc(N2CCCC2)c1. The largest absolute Gasteiger partial charge is 0.508 e. The van der Waals surface area contributed by atoms with Crippen LogP contribution in [0.5, 0.6) is 5.75 Å². The number of amides is 2. The number of hydrogen-bond acceptors (Lipinski definition) is 3. The lowest BCUT2D eigenvalue weighted by Gasteiger charge is -2.18. The van der Waals surface area contributed by atoms with E-state index in [4.69, 9.17) is 0 Å². The first kappa shape index (κ1) is 15.2. The number of phenolic OH excluding ortho intramolecular Hbond substituents is 1. The summed E-state index contributed by atoms with van der Waals surface area (Å²) in [6, 6.07) is 12.5. The Morgan fingerprint density at radius 2 is 1.87 bits per heavy atom. The fraction of sp³-hybridized carbons (Fsp3) is 0.278. The molecule has 120 valence electrons. The summed E-state index contributed by atoms with van der Waals surface area (Å²) in [7, 11) is 0. The molecule has 0 atom stereocenters. The van der Waals surface area contributed by atoms with Gasteiger partial charge in [-0.05, 0) is 61.7 Å². The number of nitrogens with one attached hydrogen (secondary N) is 2. The zero-order valence-corrected chi connectivity index (χ0v) is 13.2. The van der Waals surface area contributed by atoms with Crippen molar-refractivity contribution in [2.24, 2.45) is 0 Å². The van der Waals surface area contributed by atoms with Crippen LogP contribution < -0.4 is 15.5 Å². The highest BCUT2D eigenvalue weighted by Crippen LogP contribution is 2.24. The molecule has 5 heteroatoms. The minimum absolute atomic E-state index is 0.187. The Labute approximate surface area is 135 Å². The Bertz CT molecular complexity index is 709. The molecule has 1 aliphatic rings. The second-order valence-corrected chi connectivity index (χ2v) is 5.82. The number of rotatable bonds is 3. The number of urea groups is 1. The maximum absolute atomic E-state index is 12.2. The van der Waals surface area contributed by atoms with Gasteiger partial charge in [0, 0.05) is 30.2 Å². The third-order valence-corrected chi connectivity index (χ3v) is 4.03. The normalized spacial score (nSPS) is 13.9. The van der Waals surface area contributed by atoms with E-state index in [9.17, 15) is 9.90 Å². The second kappa shape index (κ2) is 6.60. The summed E-state index contributed by atoms with van der Waals surface area (Å²) >= 11 is 0. The van der Waals surface area contributed by atoms with Gasteiger partial charge in [-0.3, -0.25) is 0 Å². The number of carbonyl (C=O) groups is 1. The van der Waals surface area contributed by atoms with Crippen LogP contribution in [-0.2, 0) is 0 Å². The van der Waals surface area contributed by atoms with Crippen LogP contribution in [0.1, 0.15) is 18.4 Å². The molecule has 3 rings (SSSR count). The second-order valence-electron chi connectivity index (χ2n) is 5.82. The van der Waals surface area contributed by atoms with E-state index in [1.54, 1.807) is 18.2 Å². The van der Waals surface area contributed by atoms with Crippen LogP contribution >= 0.6 is 0 Å². The Kier molecular flexibility index (Phi) is 4.37. The van der Waals surface area contributed by atoms with Gasteiger partial charge in [-0.25, -0.2) is 4.79 Å². The van der Waals surface area contributed by atoms with E-state index in [2.05, 4.69) is 21.6 Å². The van der Waals surface area contributed by atoms with E-state index in [-0.39, 0.29) is 11.8 Å². The fourth-order valence-corrected chi connectivity index (χ4v) is 2.83. The predicted octanol–water partition coefficient (Wildman–Crippen LogP) is 3.94. The van der Waals surface area contributed by atoms with Crippen LogP contribution in [0.3, 0.4) is 0 Å². The number of aromatic hydroxyl groups is 1. The van der Waals surface area contributed by atoms with Crippen LogP contribution in [0, 0.1) is 6.92 Å². The first-order valence-electron chi connectivity index (χ1n) is 7.84. The molecule has 0 unspecified atom stereocenters. The van der Waals surface area contributed by atoms with E-state index in [0.29, 0.717) is 5.69 Å². The molecule has 2 amide bonds. The molecule has 1 heterocycles. The topological polar surface area (TPSA) is 64.6 Å². The molecule has 23 heavy (non-hydrogen) atoms. The Balaban J connectivity index is 1.66. The van der Waals surface area contributed by atoms with Gasteiger partial charge in [0.1, 0.15) is 5.75 Å². The monoisotopic (exact) mass is 311 g/mol. The lowest BCUT2D eigenvalue weighted by atomic mass is 10.2. The van der Waals surface area contributed by atoms with Crippen molar-refractivity contribution in [2.45, 2.75) is 19.8 Å². The first-order chi connectivity index (χ1) is 11.1. The molecule has 3 N–H and O–H groups in total. The number of anilines is 3. The van der Waals surface area contributed by atoms with Crippen molar-refractivity contribution >= 4 is 23.1 Å². The standard InChI is InChI=1S/C18H21N3O2/c1-13-11-16(22)7-8-17(13)20-18(23)19-14-5-4-6-15(12-14)21-9-2-3-10-21/h4-8,11-12,22H,2-3,9-10H2,1H3,(H2,19,20,23). The summed E-state index contributed by atoms with van der Waals surface area (Å²) in [5.41, 5.74) is 3.39. The molecule has 0 bridgehead atoms. The Morgan fingerprint density at radius 3 is 2.61 bits per heavy atom. The van der Waals surface area contributed by atoms with E-state index in [1.807, 2.05) is 25.1 Å². The molecule has 1 saturated heterocycles. The number of carbonyl (C=O) groups excluding carboxylic acids is 1. The summed E-state index contributed by atoms with van der Waals surface area (Å²) in [6.07, 6.45) is 2.44. The van der Waals surface area contributed by atoms with Crippen molar-refractivity contribution in [1.29, 1.82) is 0 Å². The minimum Gasteiger partial charge on any atom is -0.508 e. The van der Waals surface area contributed by atoms with Gasteiger partial charge in [-0.2, -0.15) is 0 Å². The van der Waals surface area contributed by atoms with Gasteiger partial charge in [-0.1, -0.05) is 6.07 Å². The summed E-state index contributed by atoms with van der Waals surface area (Å²) in [5, 5.41) is 15.1. The lowest BCUT2D eigenvalue weighted by Crippen LogP contribution is -2.21. The predicted molar refractivity (Wildman–Crippen MR) is 93.4 cm³/mol. The molecule has 1 fully saturated rings. The average molecular weight is 311 g/mol. The molecule has 0 saturated carbocycles. The highest BCUT2D eigenvalue weighted by Gasteiger charge is 2.13. The minimum atomic E-state index is -0.294. The highest BCUT2D eigenvalue weighted by atomic mass is 16.3. The number of phenols is 1. The molecule has 1 aliphatic heterocycles. The first-order valence-corrected chi connectivity index (χ1v) is 7.84.